The molecule has 0 bridgehead atoms. The second-order valence-electron chi connectivity index (χ2n) is 4.94. The van der Waals surface area contributed by atoms with Gasteiger partial charge in [-0.1, -0.05) is 48.0 Å². The number of halogens is 1. The van der Waals surface area contributed by atoms with Crippen LogP contribution in [-0.4, -0.2) is 15.0 Å². The molecule has 2 aromatic carbocycles. The molecule has 4 nitrogen and oxygen atoms in total. The molecule has 2 heterocycles. The van der Waals surface area contributed by atoms with Crippen LogP contribution < -0.4 is 5.56 Å². The van der Waals surface area contributed by atoms with Crippen LogP contribution >= 0.6 is 11.6 Å². The maximum absolute atomic E-state index is 12.3. The average molecular weight is 308 g/mol. The lowest BCUT2D eigenvalue weighted by atomic mass is 10.1. The molecule has 0 amide bonds. The topological polar surface area (TPSA) is 58.6 Å². The Morgan fingerprint density at radius 1 is 1.00 bits per heavy atom. The van der Waals surface area contributed by atoms with Crippen molar-refractivity contribution >= 4 is 33.5 Å². The second kappa shape index (κ2) is 4.93. The summed E-state index contributed by atoms with van der Waals surface area (Å²) in [5.74, 6) is 0. The number of hydrogen-bond donors (Lipinski definition) is 1. The molecular weight excluding hydrogens is 298 g/mol. The van der Waals surface area contributed by atoms with Crippen molar-refractivity contribution in [2.45, 2.75) is 0 Å². The van der Waals surface area contributed by atoms with Gasteiger partial charge in [0.2, 0.25) is 0 Å². The highest BCUT2D eigenvalue weighted by Crippen LogP contribution is 2.29. The number of pyridine rings is 1. The number of nitrogens with one attached hydrogen (secondary N) is 1. The Balaban J connectivity index is 2.11. The van der Waals surface area contributed by atoms with Crippen LogP contribution in [-0.2, 0) is 0 Å². The van der Waals surface area contributed by atoms with Crippen molar-refractivity contribution in [1.29, 1.82) is 0 Å². The lowest BCUT2D eigenvalue weighted by Crippen LogP contribution is -2.11. The first-order valence-corrected chi connectivity index (χ1v) is 7.14. The van der Waals surface area contributed by atoms with Gasteiger partial charge in [0.25, 0.3) is 5.56 Å². The normalized spacial score (nSPS) is 11.1. The van der Waals surface area contributed by atoms with E-state index in [9.17, 15) is 4.79 Å². The lowest BCUT2D eigenvalue weighted by molar-refractivity contribution is 1.22. The van der Waals surface area contributed by atoms with E-state index in [1.165, 1.54) is 0 Å². The van der Waals surface area contributed by atoms with E-state index in [2.05, 4.69) is 15.0 Å². The van der Waals surface area contributed by atoms with E-state index in [4.69, 9.17) is 11.6 Å². The Bertz CT molecular complexity index is 1060. The Hall–Kier alpha value is -2.72. The van der Waals surface area contributed by atoms with Crippen molar-refractivity contribution < 1.29 is 0 Å². The fraction of sp³-hybridized carbons (Fsp3) is 0. The molecule has 0 aliphatic carbocycles. The molecule has 0 fully saturated rings. The molecule has 4 aromatic rings. The Morgan fingerprint density at radius 3 is 2.64 bits per heavy atom. The predicted molar refractivity (Wildman–Crippen MR) is 88.1 cm³/mol. The van der Waals surface area contributed by atoms with Crippen LogP contribution in [0.4, 0.5) is 0 Å². The van der Waals surface area contributed by atoms with Crippen LogP contribution in [0.1, 0.15) is 0 Å². The molecular formula is C17H10ClN3O. The van der Waals surface area contributed by atoms with Gasteiger partial charge < -0.3 is 4.98 Å². The molecule has 106 valence electrons. The monoisotopic (exact) mass is 307 g/mol. The summed E-state index contributed by atoms with van der Waals surface area (Å²) in [7, 11) is 0. The summed E-state index contributed by atoms with van der Waals surface area (Å²) in [5.41, 5.74) is 2.70. The van der Waals surface area contributed by atoms with Gasteiger partial charge in [-0.2, -0.15) is 0 Å². The van der Waals surface area contributed by atoms with Crippen LogP contribution in [0.5, 0.6) is 0 Å². The predicted octanol–water partition coefficient (Wildman–Crippen LogP) is 3.79. The molecule has 0 spiro atoms. The van der Waals surface area contributed by atoms with Crippen LogP contribution in [0, 0.1) is 0 Å². The summed E-state index contributed by atoms with van der Waals surface area (Å²) in [6.45, 7) is 0. The maximum Gasteiger partial charge on any atom is 0.274 e. The quantitative estimate of drug-likeness (QED) is 0.544. The number of rotatable bonds is 1. The van der Waals surface area contributed by atoms with E-state index in [0.29, 0.717) is 27.3 Å². The molecule has 5 heteroatoms. The van der Waals surface area contributed by atoms with Crippen molar-refractivity contribution in [3.8, 4) is 11.3 Å². The van der Waals surface area contributed by atoms with E-state index in [1.807, 2.05) is 48.5 Å². The number of fused-ring (bicyclic) bond motifs is 2. The summed E-state index contributed by atoms with van der Waals surface area (Å²) in [5, 5.41) is 1.31. The van der Waals surface area contributed by atoms with Gasteiger partial charge in [-0.25, -0.2) is 4.98 Å². The zero-order valence-corrected chi connectivity index (χ0v) is 12.1. The third-order valence-electron chi connectivity index (χ3n) is 3.54. The molecule has 4 rings (SSSR count). The third-order valence-corrected chi connectivity index (χ3v) is 3.90. The molecule has 0 radical (unpaired) electrons. The van der Waals surface area contributed by atoms with Crippen LogP contribution in [0.15, 0.2) is 59.5 Å². The standard InChI is InChI=1S/C17H10ClN3O/c18-13-14-11(7-4-8-19-14)9-12-16(13)21-15(17(22)20-12)10-5-2-1-3-6-10/h1-9H,(H,20,22). The molecule has 0 atom stereocenters. The third kappa shape index (κ3) is 1.96. The smallest absolute Gasteiger partial charge is 0.274 e. The van der Waals surface area contributed by atoms with Crippen molar-refractivity contribution in [2.75, 3.05) is 0 Å². The number of benzene rings is 2. The number of hydrogen-bond acceptors (Lipinski definition) is 3. The lowest BCUT2D eigenvalue weighted by Gasteiger charge is -2.06. The van der Waals surface area contributed by atoms with Gasteiger partial charge in [-0.3, -0.25) is 9.78 Å². The van der Waals surface area contributed by atoms with E-state index in [0.717, 1.165) is 10.9 Å². The Kier molecular flexibility index (Phi) is 2.91. The van der Waals surface area contributed by atoms with Gasteiger partial charge in [-0.15, -0.1) is 0 Å². The minimum absolute atomic E-state index is 0.238. The minimum atomic E-state index is -0.238. The van der Waals surface area contributed by atoms with Gasteiger partial charge in [0, 0.05) is 17.1 Å². The minimum Gasteiger partial charge on any atom is -0.319 e. The van der Waals surface area contributed by atoms with Crippen molar-refractivity contribution in [3.63, 3.8) is 0 Å². The Labute approximate surface area is 130 Å². The van der Waals surface area contributed by atoms with E-state index < -0.39 is 0 Å². The highest BCUT2D eigenvalue weighted by atomic mass is 35.5. The second-order valence-corrected chi connectivity index (χ2v) is 5.32. The van der Waals surface area contributed by atoms with Gasteiger partial charge in [0.05, 0.1) is 16.1 Å². The summed E-state index contributed by atoms with van der Waals surface area (Å²) in [4.78, 5) is 23.9. The first-order chi connectivity index (χ1) is 10.7. The number of H-pyrrole nitrogens is 1. The van der Waals surface area contributed by atoms with Crippen molar-refractivity contribution in [2.24, 2.45) is 0 Å². The average Bonchev–Trinajstić information content (AvgIpc) is 2.55. The number of aromatic nitrogens is 3. The SMILES string of the molecule is O=c1[nH]c2cc3cccnc3c(Cl)c2nc1-c1ccccc1. The molecule has 0 aliphatic heterocycles. The van der Waals surface area contributed by atoms with Crippen LogP contribution in [0.2, 0.25) is 5.02 Å². The van der Waals surface area contributed by atoms with Gasteiger partial charge in [-0.05, 0) is 12.1 Å². The van der Waals surface area contributed by atoms with Crippen molar-refractivity contribution in [1.82, 2.24) is 15.0 Å². The first-order valence-electron chi connectivity index (χ1n) is 6.77. The molecule has 1 N–H and O–H groups in total. The molecule has 2 aromatic heterocycles. The summed E-state index contributed by atoms with van der Waals surface area (Å²) in [6, 6.07) is 14.9. The van der Waals surface area contributed by atoms with Gasteiger partial charge in [0.1, 0.15) is 11.2 Å². The molecule has 0 aliphatic rings. The summed E-state index contributed by atoms with van der Waals surface area (Å²) in [6.07, 6.45) is 1.68. The van der Waals surface area contributed by atoms with Gasteiger partial charge >= 0.3 is 0 Å². The molecule has 0 unspecified atom stereocenters. The largest absolute Gasteiger partial charge is 0.319 e. The maximum atomic E-state index is 12.3. The highest BCUT2D eigenvalue weighted by Gasteiger charge is 2.12. The fourth-order valence-corrected chi connectivity index (χ4v) is 2.81. The van der Waals surface area contributed by atoms with Gasteiger partial charge in [0.15, 0.2) is 0 Å². The Morgan fingerprint density at radius 2 is 1.82 bits per heavy atom. The van der Waals surface area contributed by atoms with Crippen LogP contribution in [0.25, 0.3) is 33.2 Å². The molecule has 0 saturated carbocycles. The van der Waals surface area contributed by atoms with Crippen LogP contribution in [0.3, 0.4) is 0 Å². The zero-order chi connectivity index (χ0) is 15.1. The number of nitrogens with zero attached hydrogens (tertiary/aromatic N) is 2. The summed E-state index contributed by atoms with van der Waals surface area (Å²) < 4.78 is 0. The number of aromatic amines is 1. The van der Waals surface area contributed by atoms with E-state index >= 15 is 0 Å². The highest BCUT2D eigenvalue weighted by molar-refractivity contribution is 6.39. The summed E-state index contributed by atoms with van der Waals surface area (Å²) >= 11 is 6.44. The van der Waals surface area contributed by atoms with E-state index in [-0.39, 0.29) is 5.56 Å². The first kappa shape index (κ1) is 13.0. The van der Waals surface area contributed by atoms with Crippen molar-refractivity contribution in [3.05, 3.63) is 70.1 Å². The fourth-order valence-electron chi connectivity index (χ4n) is 2.51. The molecule has 0 saturated heterocycles. The molecule has 22 heavy (non-hydrogen) atoms. The zero-order valence-electron chi connectivity index (χ0n) is 11.4. The van der Waals surface area contributed by atoms with E-state index in [1.54, 1.807) is 6.20 Å².